The Hall–Kier alpha value is -3.32. The highest BCUT2D eigenvalue weighted by Gasteiger charge is 2.36. The van der Waals surface area contributed by atoms with Gasteiger partial charge in [-0.25, -0.2) is 19.2 Å². The van der Waals surface area contributed by atoms with E-state index in [0.29, 0.717) is 12.5 Å². The first-order valence-electron chi connectivity index (χ1n) is 4.56. The van der Waals surface area contributed by atoms with Crippen molar-refractivity contribution in [3.63, 3.8) is 0 Å². The highest BCUT2D eigenvalue weighted by molar-refractivity contribution is 5.59. The fraction of sp³-hybridized carbons (Fsp3) is 0.250. The second-order valence-corrected chi connectivity index (χ2v) is 2.60. The second-order valence-electron chi connectivity index (χ2n) is 2.60. The van der Waals surface area contributed by atoms with E-state index in [2.05, 4.69) is 18.9 Å². The smallest absolute Gasteiger partial charge is 0.450 e. The molecule has 0 radical (unpaired) electrons. The van der Waals surface area contributed by atoms with E-state index in [1.165, 1.54) is 0 Å². The molecule has 0 unspecified atom stereocenters. The molecule has 0 aromatic carbocycles. The molecule has 0 saturated carbocycles. The number of hydrogen-bond donors (Lipinski definition) is 4. The third-order valence-corrected chi connectivity index (χ3v) is 0.994. The van der Waals surface area contributed by atoms with Crippen molar-refractivity contribution < 1.29 is 67.3 Å². The number of ether oxygens (including phenoxy) is 4. The zero-order valence-electron chi connectivity index (χ0n) is 10.2. The van der Waals surface area contributed by atoms with E-state index < -0.39 is 37.3 Å². The van der Waals surface area contributed by atoms with Crippen LogP contribution in [0, 0.1) is 0 Å². The maximum Gasteiger partial charge on any atom is 0.510 e. The number of carboxylic acid groups (broad SMARTS) is 4. The maximum atomic E-state index is 12.0. The molecule has 0 saturated heterocycles. The molecular formula is C8H8F2O12. The van der Waals surface area contributed by atoms with Crippen LogP contribution in [0.1, 0.15) is 0 Å². The van der Waals surface area contributed by atoms with Crippen LogP contribution in [-0.2, 0) is 18.9 Å². The van der Waals surface area contributed by atoms with Crippen LogP contribution in [-0.4, -0.2) is 57.8 Å². The van der Waals surface area contributed by atoms with Gasteiger partial charge in [0.1, 0.15) is 12.5 Å². The molecule has 0 aromatic rings. The Morgan fingerprint density at radius 3 is 1.50 bits per heavy atom. The molecule has 126 valence electrons. The lowest BCUT2D eigenvalue weighted by atomic mass is 10.7. The molecule has 0 aromatic heterocycles. The summed E-state index contributed by atoms with van der Waals surface area (Å²) in [6.45, 7) is -1.66. The van der Waals surface area contributed by atoms with E-state index in [4.69, 9.17) is 20.4 Å². The first kappa shape index (κ1) is 21.0. The summed E-state index contributed by atoms with van der Waals surface area (Å²) in [5.74, 6) is 0. The first-order chi connectivity index (χ1) is 9.96. The molecule has 0 heterocycles. The molecule has 12 nitrogen and oxygen atoms in total. The zero-order chi connectivity index (χ0) is 17.8. The van der Waals surface area contributed by atoms with Gasteiger partial charge in [-0.2, -0.15) is 8.78 Å². The molecule has 0 aliphatic carbocycles. The van der Waals surface area contributed by atoms with E-state index in [0.717, 1.165) is 0 Å². The van der Waals surface area contributed by atoms with Crippen molar-refractivity contribution in [2.24, 2.45) is 0 Å². The molecule has 14 heteroatoms. The summed E-state index contributed by atoms with van der Waals surface area (Å²) in [5.41, 5.74) is 0. The van der Waals surface area contributed by atoms with Crippen LogP contribution in [0.4, 0.5) is 28.0 Å². The van der Waals surface area contributed by atoms with Crippen LogP contribution in [0.25, 0.3) is 0 Å². The largest absolute Gasteiger partial charge is 0.510 e. The topological polar surface area (TPSA) is 186 Å². The van der Waals surface area contributed by atoms with Crippen LogP contribution >= 0.6 is 0 Å². The third-order valence-electron chi connectivity index (χ3n) is 0.994. The zero-order valence-corrected chi connectivity index (χ0v) is 10.2. The van der Waals surface area contributed by atoms with Gasteiger partial charge in [-0.3, -0.25) is 0 Å². The SMILES string of the molecule is O=C(O)O/C=C/OC(=O)O.O=C(O)OCC(F)(F)OC(=O)O. The summed E-state index contributed by atoms with van der Waals surface area (Å²) < 4.78 is 37.9. The molecule has 0 aliphatic rings. The van der Waals surface area contributed by atoms with Gasteiger partial charge >= 0.3 is 30.7 Å². The van der Waals surface area contributed by atoms with Crippen LogP contribution in [0.3, 0.4) is 0 Å². The summed E-state index contributed by atoms with van der Waals surface area (Å²) in [5, 5.41) is 31.1. The number of hydrogen-bond acceptors (Lipinski definition) is 8. The Labute approximate surface area is 118 Å². The van der Waals surface area contributed by atoms with Gasteiger partial charge < -0.3 is 39.4 Å². The predicted molar refractivity (Wildman–Crippen MR) is 55.4 cm³/mol. The Kier molecular flexibility index (Phi) is 9.98. The lowest BCUT2D eigenvalue weighted by Crippen LogP contribution is -2.30. The summed E-state index contributed by atoms with van der Waals surface area (Å²) in [7, 11) is 0. The normalized spacial score (nSPS) is 9.91. The molecule has 4 N–H and O–H groups in total. The molecule has 0 amide bonds. The van der Waals surface area contributed by atoms with Gasteiger partial charge in [0.25, 0.3) is 0 Å². The van der Waals surface area contributed by atoms with E-state index >= 15 is 0 Å². The molecule has 0 rings (SSSR count). The molecule has 22 heavy (non-hydrogen) atoms. The molecule has 0 atom stereocenters. The molecule has 0 aliphatic heterocycles. The van der Waals surface area contributed by atoms with Gasteiger partial charge in [0, 0.05) is 0 Å². The monoisotopic (exact) mass is 334 g/mol. The molecule has 0 spiro atoms. The number of alkyl halides is 2. The Morgan fingerprint density at radius 2 is 1.23 bits per heavy atom. The van der Waals surface area contributed by atoms with Crippen molar-refractivity contribution in [1.82, 2.24) is 0 Å². The maximum absolute atomic E-state index is 12.0. The highest BCUT2D eigenvalue weighted by atomic mass is 19.3. The summed E-state index contributed by atoms with van der Waals surface area (Å²) in [6, 6.07) is 0. The minimum absolute atomic E-state index is 0.594. The lowest BCUT2D eigenvalue weighted by Gasteiger charge is -2.12. The van der Waals surface area contributed by atoms with Crippen LogP contribution < -0.4 is 0 Å². The van der Waals surface area contributed by atoms with Crippen LogP contribution in [0.5, 0.6) is 0 Å². The fourth-order valence-electron chi connectivity index (χ4n) is 0.475. The third kappa shape index (κ3) is 19.0. The van der Waals surface area contributed by atoms with Crippen molar-refractivity contribution in [2.75, 3.05) is 6.61 Å². The number of halogens is 2. The average Bonchev–Trinajstić information content (AvgIpc) is 2.31. The molecular weight excluding hydrogens is 326 g/mol. The van der Waals surface area contributed by atoms with E-state index in [1.807, 2.05) is 0 Å². The van der Waals surface area contributed by atoms with E-state index in [1.54, 1.807) is 0 Å². The molecule has 0 bridgehead atoms. The van der Waals surface area contributed by atoms with Gasteiger partial charge in [0.15, 0.2) is 6.61 Å². The summed E-state index contributed by atoms with van der Waals surface area (Å²) in [6.07, 6.45) is -10.2. The Bertz CT molecular complexity index is 413. The van der Waals surface area contributed by atoms with Crippen LogP contribution in [0.2, 0.25) is 0 Å². The Morgan fingerprint density at radius 1 is 0.818 bits per heavy atom. The molecule has 0 fully saturated rings. The van der Waals surface area contributed by atoms with Gasteiger partial charge in [-0.1, -0.05) is 0 Å². The van der Waals surface area contributed by atoms with Crippen molar-refractivity contribution in [1.29, 1.82) is 0 Å². The highest BCUT2D eigenvalue weighted by Crippen LogP contribution is 2.15. The number of carbonyl (C=O) groups is 4. The summed E-state index contributed by atoms with van der Waals surface area (Å²) in [4.78, 5) is 38.3. The Balaban J connectivity index is 0. The standard InChI is InChI=1S/C4H4F2O6.C4H4O6/c5-4(6,12-3(9)10)1-11-2(7)8;5-3(6)9-1-2-10-4(7)8/h1H2,(H,7,8)(H,9,10);1-2H,(H,5,6)(H,7,8)/b;2-1+. The first-order valence-corrected chi connectivity index (χ1v) is 4.56. The number of rotatable bonds is 5. The minimum atomic E-state index is -4.15. The average molecular weight is 334 g/mol. The minimum Gasteiger partial charge on any atom is -0.450 e. The van der Waals surface area contributed by atoms with E-state index in [-0.39, 0.29) is 0 Å². The summed E-state index contributed by atoms with van der Waals surface area (Å²) >= 11 is 0. The van der Waals surface area contributed by atoms with Crippen molar-refractivity contribution in [3.05, 3.63) is 12.5 Å². The van der Waals surface area contributed by atoms with Crippen molar-refractivity contribution >= 4 is 24.6 Å². The van der Waals surface area contributed by atoms with Gasteiger partial charge in [-0.05, 0) is 0 Å². The van der Waals surface area contributed by atoms with Crippen molar-refractivity contribution in [3.8, 4) is 0 Å². The van der Waals surface area contributed by atoms with Crippen molar-refractivity contribution in [2.45, 2.75) is 6.11 Å². The lowest BCUT2D eigenvalue weighted by molar-refractivity contribution is -0.230. The fourth-order valence-corrected chi connectivity index (χ4v) is 0.475. The van der Waals surface area contributed by atoms with Crippen LogP contribution in [0.15, 0.2) is 12.5 Å². The van der Waals surface area contributed by atoms with Gasteiger partial charge in [-0.15, -0.1) is 0 Å². The van der Waals surface area contributed by atoms with E-state index in [9.17, 15) is 28.0 Å². The predicted octanol–water partition coefficient (Wildman–Crippen LogP) is 1.82. The van der Waals surface area contributed by atoms with Gasteiger partial charge in [0.05, 0.1) is 0 Å². The quantitative estimate of drug-likeness (QED) is 0.325. The second kappa shape index (κ2) is 10.5. The van der Waals surface area contributed by atoms with Gasteiger partial charge in [0.2, 0.25) is 0 Å².